The summed E-state index contributed by atoms with van der Waals surface area (Å²) in [6.45, 7) is 0.906. The van der Waals surface area contributed by atoms with Crippen molar-refractivity contribution in [1.82, 2.24) is 4.90 Å². The molecule has 1 atom stereocenters. The van der Waals surface area contributed by atoms with Crippen LogP contribution in [-0.4, -0.2) is 35.1 Å². The minimum atomic E-state index is 0.0282. The smallest absolute Gasteiger partial charge is 0.254 e. The highest BCUT2D eigenvalue weighted by molar-refractivity contribution is 5.95. The number of likely N-dealkylation sites (tertiary alicyclic amines) is 1. The van der Waals surface area contributed by atoms with Gasteiger partial charge < -0.3 is 15.7 Å². The number of carbonyl (C=O) groups excluding carboxylic acids is 1. The zero-order chi connectivity index (χ0) is 13.0. The van der Waals surface area contributed by atoms with Gasteiger partial charge in [-0.3, -0.25) is 4.79 Å². The maximum absolute atomic E-state index is 12.4. The SMILES string of the molecule is Nc1cccc(C(=O)N2CCCCC2CCO)c1. The van der Waals surface area contributed by atoms with Crippen molar-refractivity contribution in [3.8, 4) is 0 Å². The van der Waals surface area contributed by atoms with Crippen molar-refractivity contribution in [3.63, 3.8) is 0 Å². The predicted octanol–water partition coefficient (Wildman–Crippen LogP) is 1.65. The highest BCUT2D eigenvalue weighted by atomic mass is 16.3. The Morgan fingerprint density at radius 1 is 1.44 bits per heavy atom. The molecule has 1 saturated heterocycles. The third-order valence-electron chi connectivity index (χ3n) is 3.48. The zero-order valence-electron chi connectivity index (χ0n) is 10.5. The maximum Gasteiger partial charge on any atom is 0.254 e. The monoisotopic (exact) mass is 248 g/mol. The van der Waals surface area contributed by atoms with Crippen LogP contribution in [0.3, 0.4) is 0 Å². The molecule has 4 heteroatoms. The first kappa shape index (κ1) is 12.9. The molecule has 1 amide bonds. The fraction of sp³-hybridized carbons (Fsp3) is 0.500. The van der Waals surface area contributed by atoms with Crippen LogP contribution in [-0.2, 0) is 0 Å². The first-order valence-electron chi connectivity index (χ1n) is 6.49. The van der Waals surface area contributed by atoms with Crippen molar-refractivity contribution in [2.24, 2.45) is 0 Å². The number of amides is 1. The van der Waals surface area contributed by atoms with Crippen molar-refractivity contribution in [2.45, 2.75) is 31.7 Å². The van der Waals surface area contributed by atoms with Gasteiger partial charge in [-0.1, -0.05) is 6.07 Å². The summed E-state index contributed by atoms with van der Waals surface area (Å²) in [5, 5.41) is 9.07. The highest BCUT2D eigenvalue weighted by Gasteiger charge is 2.26. The molecule has 1 unspecified atom stereocenters. The molecule has 3 N–H and O–H groups in total. The summed E-state index contributed by atoms with van der Waals surface area (Å²) >= 11 is 0. The van der Waals surface area contributed by atoms with Gasteiger partial charge in [-0.2, -0.15) is 0 Å². The Morgan fingerprint density at radius 2 is 2.28 bits per heavy atom. The van der Waals surface area contributed by atoms with Crippen LogP contribution in [0.4, 0.5) is 5.69 Å². The molecular weight excluding hydrogens is 228 g/mol. The number of nitrogens with two attached hydrogens (primary N) is 1. The zero-order valence-corrected chi connectivity index (χ0v) is 10.5. The topological polar surface area (TPSA) is 66.6 Å². The molecule has 1 aliphatic heterocycles. The van der Waals surface area contributed by atoms with Crippen molar-refractivity contribution >= 4 is 11.6 Å². The summed E-state index contributed by atoms with van der Waals surface area (Å²) < 4.78 is 0. The van der Waals surface area contributed by atoms with Crippen molar-refractivity contribution in [2.75, 3.05) is 18.9 Å². The molecule has 0 saturated carbocycles. The van der Waals surface area contributed by atoms with E-state index in [1.807, 2.05) is 4.90 Å². The highest BCUT2D eigenvalue weighted by Crippen LogP contribution is 2.22. The van der Waals surface area contributed by atoms with E-state index in [0.29, 0.717) is 17.7 Å². The lowest BCUT2D eigenvalue weighted by Crippen LogP contribution is -2.44. The molecule has 0 radical (unpaired) electrons. The second-order valence-corrected chi connectivity index (χ2v) is 4.79. The minimum Gasteiger partial charge on any atom is -0.399 e. The van der Waals surface area contributed by atoms with Gasteiger partial charge in [-0.05, 0) is 43.9 Å². The number of nitrogen functional groups attached to an aromatic ring is 1. The van der Waals surface area contributed by atoms with Gasteiger partial charge in [0, 0.05) is 30.4 Å². The third-order valence-corrected chi connectivity index (χ3v) is 3.48. The molecule has 0 spiro atoms. The van der Waals surface area contributed by atoms with E-state index in [-0.39, 0.29) is 18.6 Å². The Morgan fingerprint density at radius 3 is 3.00 bits per heavy atom. The fourth-order valence-corrected chi connectivity index (χ4v) is 2.55. The van der Waals surface area contributed by atoms with Crippen LogP contribution in [0.25, 0.3) is 0 Å². The number of carbonyl (C=O) groups is 1. The summed E-state index contributed by atoms with van der Waals surface area (Å²) in [7, 11) is 0. The molecule has 18 heavy (non-hydrogen) atoms. The van der Waals surface area contributed by atoms with Gasteiger partial charge in [0.2, 0.25) is 0 Å². The molecule has 0 aromatic heterocycles. The van der Waals surface area contributed by atoms with Crippen molar-refractivity contribution in [1.29, 1.82) is 0 Å². The van der Waals surface area contributed by atoms with Crippen LogP contribution in [0.1, 0.15) is 36.0 Å². The Balaban J connectivity index is 2.15. The number of benzene rings is 1. The summed E-state index contributed by atoms with van der Waals surface area (Å²) in [6.07, 6.45) is 3.81. The molecule has 1 aromatic rings. The van der Waals surface area contributed by atoms with E-state index in [4.69, 9.17) is 10.8 Å². The van der Waals surface area contributed by atoms with E-state index in [1.165, 1.54) is 0 Å². The van der Waals surface area contributed by atoms with Gasteiger partial charge in [0.15, 0.2) is 0 Å². The molecule has 0 bridgehead atoms. The predicted molar refractivity (Wildman–Crippen MR) is 71.2 cm³/mol. The minimum absolute atomic E-state index is 0.0282. The van der Waals surface area contributed by atoms with Gasteiger partial charge in [-0.15, -0.1) is 0 Å². The van der Waals surface area contributed by atoms with E-state index in [0.717, 1.165) is 25.8 Å². The fourth-order valence-electron chi connectivity index (χ4n) is 2.55. The summed E-state index contributed by atoms with van der Waals surface area (Å²) in [4.78, 5) is 14.3. The molecular formula is C14H20N2O2. The lowest BCUT2D eigenvalue weighted by Gasteiger charge is -2.35. The number of hydrogen-bond donors (Lipinski definition) is 2. The van der Waals surface area contributed by atoms with E-state index in [1.54, 1.807) is 24.3 Å². The van der Waals surface area contributed by atoms with E-state index < -0.39 is 0 Å². The number of anilines is 1. The van der Waals surface area contributed by atoms with Crippen molar-refractivity contribution in [3.05, 3.63) is 29.8 Å². The van der Waals surface area contributed by atoms with E-state index >= 15 is 0 Å². The molecule has 98 valence electrons. The first-order chi connectivity index (χ1) is 8.72. The molecule has 1 aliphatic rings. The Hall–Kier alpha value is -1.55. The van der Waals surface area contributed by atoms with Crippen LogP contribution in [0, 0.1) is 0 Å². The largest absolute Gasteiger partial charge is 0.399 e. The van der Waals surface area contributed by atoms with Gasteiger partial charge in [-0.25, -0.2) is 0 Å². The Labute approximate surface area is 107 Å². The van der Waals surface area contributed by atoms with Crippen molar-refractivity contribution < 1.29 is 9.90 Å². The van der Waals surface area contributed by atoms with E-state index in [2.05, 4.69) is 0 Å². The summed E-state index contributed by atoms with van der Waals surface area (Å²) in [5.41, 5.74) is 6.96. The molecule has 1 aromatic carbocycles. The third kappa shape index (κ3) is 2.82. The van der Waals surface area contributed by atoms with Crippen LogP contribution in [0.2, 0.25) is 0 Å². The Kier molecular flexibility index (Phi) is 4.20. The number of rotatable bonds is 3. The lowest BCUT2D eigenvalue weighted by molar-refractivity contribution is 0.0574. The average molecular weight is 248 g/mol. The summed E-state index contributed by atoms with van der Waals surface area (Å²) in [6, 6.07) is 7.25. The van der Waals surface area contributed by atoms with Gasteiger partial charge in [0.05, 0.1) is 0 Å². The molecule has 1 heterocycles. The number of nitrogens with zero attached hydrogens (tertiary/aromatic N) is 1. The normalized spacial score (nSPS) is 19.8. The molecule has 0 aliphatic carbocycles. The molecule has 4 nitrogen and oxygen atoms in total. The number of aliphatic hydroxyl groups excluding tert-OH is 1. The second kappa shape index (κ2) is 5.87. The summed E-state index contributed by atoms with van der Waals surface area (Å²) in [5.74, 6) is 0.0282. The first-order valence-corrected chi connectivity index (χ1v) is 6.49. The molecule has 2 rings (SSSR count). The van der Waals surface area contributed by atoms with Crippen LogP contribution in [0.5, 0.6) is 0 Å². The number of aliphatic hydroxyl groups is 1. The van der Waals surface area contributed by atoms with Crippen LogP contribution >= 0.6 is 0 Å². The second-order valence-electron chi connectivity index (χ2n) is 4.79. The lowest BCUT2D eigenvalue weighted by atomic mass is 9.98. The standard InChI is InChI=1S/C14H20N2O2/c15-12-5-3-4-11(10-12)14(18)16-8-2-1-6-13(16)7-9-17/h3-5,10,13,17H,1-2,6-9,15H2. The van der Waals surface area contributed by atoms with Gasteiger partial charge >= 0.3 is 0 Å². The average Bonchev–Trinajstić information content (AvgIpc) is 2.39. The quantitative estimate of drug-likeness (QED) is 0.799. The van der Waals surface area contributed by atoms with Gasteiger partial charge in [0.1, 0.15) is 0 Å². The van der Waals surface area contributed by atoms with Crippen LogP contribution in [0.15, 0.2) is 24.3 Å². The van der Waals surface area contributed by atoms with Gasteiger partial charge in [0.25, 0.3) is 5.91 Å². The Bertz CT molecular complexity index is 418. The van der Waals surface area contributed by atoms with Crippen LogP contribution < -0.4 is 5.73 Å². The maximum atomic E-state index is 12.4. The number of piperidine rings is 1. The molecule has 1 fully saturated rings. The number of hydrogen-bond acceptors (Lipinski definition) is 3. The van der Waals surface area contributed by atoms with E-state index in [9.17, 15) is 4.79 Å².